The van der Waals surface area contributed by atoms with E-state index in [1.54, 1.807) is 12.1 Å². The number of nitrogens with one attached hydrogen (secondary N) is 2. The molecule has 6 nitrogen and oxygen atoms in total. The lowest BCUT2D eigenvalue weighted by atomic mass is 10.2. The number of hydrogen-bond donors (Lipinski definition) is 2. The molecule has 0 aliphatic rings. The Kier molecular flexibility index (Phi) is 5.83. The topological polar surface area (TPSA) is 72.5 Å². The highest BCUT2D eigenvalue weighted by atomic mass is 19.3. The number of methoxy groups -OCH3 is 1. The van der Waals surface area contributed by atoms with Gasteiger partial charge in [-0.05, 0) is 23.8 Å². The number of rotatable bonds is 6. The first-order valence-corrected chi connectivity index (χ1v) is 6.76. The summed E-state index contributed by atoms with van der Waals surface area (Å²) in [6.07, 6.45) is 1.53. The Balaban J connectivity index is 1.91. The van der Waals surface area contributed by atoms with Crippen LogP contribution in [0.15, 0.2) is 36.5 Å². The van der Waals surface area contributed by atoms with Gasteiger partial charge in [0.25, 0.3) is 0 Å². The summed E-state index contributed by atoms with van der Waals surface area (Å²) < 4.78 is 46.6. The van der Waals surface area contributed by atoms with Gasteiger partial charge in [0, 0.05) is 30.6 Å². The number of anilines is 1. The first-order valence-electron chi connectivity index (χ1n) is 6.76. The average molecular weight is 341 g/mol. The van der Waals surface area contributed by atoms with Crippen LogP contribution in [0.3, 0.4) is 0 Å². The van der Waals surface area contributed by atoms with Gasteiger partial charge in [0.15, 0.2) is 11.6 Å². The third kappa shape index (κ3) is 5.04. The van der Waals surface area contributed by atoms with Gasteiger partial charge >= 0.3 is 12.6 Å². The van der Waals surface area contributed by atoms with E-state index < -0.39 is 24.2 Å². The van der Waals surface area contributed by atoms with Gasteiger partial charge in [-0.2, -0.15) is 8.78 Å². The maximum absolute atomic E-state index is 13.5. The Morgan fingerprint density at radius 2 is 2.08 bits per heavy atom. The van der Waals surface area contributed by atoms with Crippen molar-refractivity contribution in [3.05, 3.63) is 47.9 Å². The van der Waals surface area contributed by atoms with Crippen molar-refractivity contribution in [3.8, 4) is 11.6 Å². The van der Waals surface area contributed by atoms with Gasteiger partial charge in [-0.15, -0.1) is 0 Å². The molecule has 1 heterocycles. The lowest BCUT2D eigenvalue weighted by Gasteiger charge is -2.10. The Bertz CT molecular complexity index is 713. The van der Waals surface area contributed by atoms with E-state index >= 15 is 0 Å². The van der Waals surface area contributed by atoms with Gasteiger partial charge in [-0.25, -0.2) is 14.2 Å². The number of carbonyl (C=O) groups excluding carboxylic acids is 1. The van der Waals surface area contributed by atoms with Crippen LogP contribution in [-0.2, 0) is 6.54 Å². The van der Waals surface area contributed by atoms with Crippen molar-refractivity contribution in [1.29, 1.82) is 0 Å². The molecule has 24 heavy (non-hydrogen) atoms. The quantitative estimate of drug-likeness (QED) is 0.847. The molecule has 9 heteroatoms. The molecule has 0 unspecified atom stereocenters. The minimum Gasteiger partial charge on any atom is -0.481 e. The Morgan fingerprint density at radius 3 is 2.75 bits per heavy atom. The third-order valence-electron chi connectivity index (χ3n) is 2.87. The molecule has 0 aliphatic carbocycles. The molecule has 0 atom stereocenters. The van der Waals surface area contributed by atoms with Crippen LogP contribution < -0.4 is 20.1 Å². The predicted octanol–water partition coefficient (Wildman–Crippen LogP) is 3.15. The van der Waals surface area contributed by atoms with Crippen LogP contribution in [0.5, 0.6) is 11.6 Å². The number of nitrogens with zero attached hydrogens (tertiary/aromatic N) is 1. The van der Waals surface area contributed by atoms with Crippen LogP contribution in [0, 0.1) is 5.82 Å². The molecular weight excluding hydrogens is 327 g/mol. The van der Waals surface area contributed by atoms with E-state index in [4.69, 9.17) is 4.74 Å². The first-order chi connectivity index (χ1) is 11.5. The number of pyridine rings is 1. The van der Waals surface area contributed by atoms with Crippen molar-refractivity contribution in [2.75, 3.05) is 12.4 Å². The van der Waals surface area contributed by atoms with Crippen LogP contribution >= 0.6 is 0 Å². The summed E-state index contributed by atoms with van der Waals surface area (Å²) in [5.74, 6) is -1.20. The lowest BCUT2D eigenvalue weighted by Crippen LogP contribution is -2.28. The van der Waals surface area contributed by atoms with E-state index in [1.165, 1.54) is 19.4 Å². The van der Waals surface area contributed by atoms with Gasteiger partial charge in [-0.1, -0.05) is 0 Å². The number of carbonyl (C=O) groups is 1. The maximum Gasteiger partial charge on any atom is 0.387 e. The average Bonchev–Trinajstić information content (AvgIpc) is 2.55. The summed E-state index contributed by atoms with van der Waals surface area (Å²) in [4.78, 5) is 15.7. The van der Waals surface area contributed by atoms with Crippen molar-refractivity contribution in [1.82, 2.24) is 10.3 Å². The SMILES string of the molecule is COc1cc(CNC(=O)Nc2ccc(OC(F)F)c(F)c2)ccn1. The second kappa shape index (κ2) is 8.04. The molecule has 0 aliphatic heterocycles. The minimum absolute atomic E-state index is 0.0962. The number of aromatic nitrogens is 1. The number of ether oxygens (including phenoxy) is 2. The Hall–Kier alpha value is -2.97. The fourth-order valence-electron chi connectivity index (χ4n) is 1.80. The van der Waals surface area contributed by atoms with Crippen LogP contribution in [0.1, 0.15) is 5.56 Å². The number of hydrogen-bond acceptors (Lipinski definition) is 4. The molecule has 2 N–H and O–H groups in total. The Labute approximate surface area is 135 Å². The molecule has 2 rings (SSSR count). The summed E-state index contributed by atoms with van der Waals surface area (Å²) in [6.45, 7) is -2.93. The van der Waals surface area contributed by atoms with Gasteiger partial charge in [0.05, 0.1) is 7.11 Å². The second-order valence-electron chi connectivity index (χ2n) is 4.54. The maximum atomic E-state index is 13.5. The van der Waals surface area contributed by atoms with Crippen molar-refractivity contribution in [2.24, 2.45) is 0 Å². The zero-order valence-corrected chi connectivity index (χ0v) is 12.6. The summed E-state index contributed by atoms with van der Waals surface area (Å²) in [7, 11) is 1.47. The van der Waals surface area contributed by atoms with Gasteiger partial charge in [-0.3, -0.25) is 0 Å². The molecule has 0 spiro atoms. The normalized spacial score (nSPS) is 10.4. The highest BCUT2D eigenvalue weighted by Crippen LogP contribution is 2.22. The zero-order valence-electron chi connectivity index (χ0n) is 12.6. The fraction of sp³-hybridized carbons (Fsp3) is 0.200. The van der Waals surface area contributed by atoms with Crippen LogP contribution in [0.25, 0.3) is 0 Å². The molecule has 0 saturated heterocycles. The van der Waals surface area contributed by atoms with Crippen molar-refractivity contribution >= 4 is 11.7 Å². The summed E-state index contributed by atoms with van der Waals surface area (Å²) in [5.41, 5.74) is 0.850. The van der Waals surface area contributed by atoms with Crippen molar-refractivity contribution < 1.29 is 27.4 Å². The highest BCUT2D eigenvalue weighted by molar-refractivity contribution is 5.89. The van der Waals surface area contributed by atoms with E-state index in [1.807, 2.05) is 0 Å². The predicted molar refractivity (Wildman–Crippen MR) is 79.7 cm³/mol. The summed E-state index contributed by atoms with van der Waals surface area (Å²) >= 11 is 0. The van der Waals surface area contributed by atoms with E-state index in [0.717, 1.165) is 17.7 Å². The molecule has 128 valence electrons. The standard InChI is InChI=1S/C15H14F3N3O3/c1-23-13-6-9(4-5-19-13)8-20-15(22)21-10-2-3-12(11(16)7-10)24-14(17)18/h2-7,14H,8H2,1H3,(H2,20,21,22). The van der Waals surface area contributed by atoms with Crippen LogP contribution in [-0.4, -0.2) is 24.7 Å². The Morgan fingerprint density at radius 1 is 1.29 bits per heavy atom. The third-order valence-corrected chi connectivity index (χ3v) is 2.87. The van der Waals surface area contributed by atoms with E-state index in [0.29, 0.717) is 5.88 Å². The molecule has 0 radical (unpaired) electrons. The van der Waals surface area contributed by atoms with E-state index in [2.05, 4.69) is 20.4 Å². The van der Waals surface area contributed by atoms with E-state index in [-0.39, 0.29) is 12.2 Å². The van der Waals surface area contributed by atoms with Crippen molar-refractivity contribution in [3.63, 3.8) is 0 Å². The lowest BCUT2D eigenvalue weighted by molar-refractivity contribution is -0.0521. The van der Waals surface area contributed by atoms with E-state index in [9.17, 15) is 18.0 Å². The monoisotopic (exact) mass is 341 g/mol. The number of urea groups is 1. The highest BCUT2D eigenvalue weighted by Gasteiger charge is 2.11. The van der Waals surface area contributed by atoms with Crippen LogP contribution in [0.2, 0.25) is 0 Å². The summed E-state index contributed by atoms with van der Waals surface area (Å²) in [5, 5.41) is 4.94. The molecule has 1 aromatic carbocycles. The largest absolute Gasteiger partial charge is 0.481 e. The number of halogens is 3. The molecule has 0 fully saturated rings. The van der Waals surface area contributed by atoms with Crippen molar-refractivity contribution in [2.45, 2.75) is 13.2 Å². The van der Waals surface area contributed by atoms with Gasteiger partial charge in [0.2, 0.25) is 5.88 Å². The molecule has 2 aromatic rings. The fourth-order valence-corrected chi connectivity index (χ4v) is 1.80. The number of alkyl halides is 2. The molecule has 0 bridgehead atoms. The second-order valence-corrected chi connectivity index (χ2v) is 4.54. The first kappa shape index (κ1) is 17.4. The molecule has 0 saturated carbocycles. The molecule has 1 aromatic heterocycles. The number of amides is 2. The number of benzene rings is 1. The van der Waals surface area contributed by atoms with Crippen LogP contribution in [0.4, 0.5) is 23.7 Å². The van der Waals surface area contributed by atoms with Gasteiger partial charge in [0.1, 0.15) is 0 Å². The molecule has 2 amide bonds. The minimum atomic E-state index is -3.13. The summed E-state index contributed by atoms with van der Waals surface area (Å²) in [6, 6.07) is 5.88. The molecular formula is C15H14F3N3O3. The van der Waals surface area contributed by atoms with Gasteiger partial charge < -0.3 is 20.1 Å². The zero-order chi connectivity index (χ0) is 17.5. The smallest absolute Gasteiger partial charge is 0.387 e.